The van der Waals surface area contributed by atoms with Gasteiger partial charge >= 0.3 is 0 Å². The van der Waals surface area contributed by atoms with E-state index >= 15 is 0 Å². The zero-order valence-electron chi connectivity index (χ0n) is 13.8. The molecule has 3 heteroatoms. The van der Waals surface area contributed by atoms with Gasteiger partial charge in [-0.25, -0.2) is 4.98 Å². The van der Waals surface area contributed by atoms with E-state index in [1.54, 1.807) is 0 Å². The summed E-state index contributed by atoms with van der Waals surface area (Å²) in [6, 6.07) is 6.23. The average molecular weight is 299 g/mol. The molecule has 0 aliphatic heterocycles. The molecule has 0 radical (unpaired) electrons. The smallest absolute Gasteiger partial charge is 0.192 e. The quantitative estimate of drug-likeness (QED) is 0.507. The molecule has 1 heterocycles. The minimum atomic E-state index is 0.186. The molecule has 1 atom stereocenters. The van der Waals surface area contributed by atoms with Crippen molar-refractivity contribution >= 4 is 17.4 Å². The predicted molar refractivity (Wildman–Crippen MR) is 89.9 cm³/mol. The maximum absolute atomic E-state index is 10.6. The predicted octanol–water partition coefficient (Wildman–Crippen LogP) is 5.02. The summed E-state index contributed by atoms with van der Waals surface area (Å²) in [4.78, 5) is 14.9. The van der Waals surface area contributed by atoms with Crippen molar-refractivity contribution in [2.45, 2.75) is 52.9 Å². The number of carbonyl (C=O) groups excluding carboxylic acids is 1. The highest BCUT2D eigenvalue weighted by molar-refractivity contribution is 5.73. The molecule has 2 rings (SSSR count). The van der Waals surface area contributed by atoms with Gasteiger partial charge in [-0.3, -0.25) is 0 Å². The molecule has 0 aliphatic carbocycles. The van der Waals surface area contributed by atoms with E-state index in [4.69, 9.17) is 4.42 Å². The van der Waals surface area contributed by atoms with E-state index in [2.05, 4.69) is 30.1 Å². The van der Waals surface area contributed by atoms with Crippen LogP contribution in [0.1, 0.15) is 51.0 Å². The minimum absolute atomic E-state index is 0.186. The van der Waals surface area contributed by atoms with Crippen molar-refractivity contribution in [3.8, 4) is 0 Å². The molecule has 0 bridgehead atoms. The van der Waals surface area contributed by atoms with E-state index in [1.807, 2.05) is 19.9 Å². The second-order valence-electron chi connectivity index (χ2n) is 6.13. The fourth-order valence-electron chi connectivity index (χ4n) is 2.60. The average Bonchev–Trinajstić information content (AvgIpc) is 2.86. The molecule has 1 unspecified atom stereocenters. The third-order valence-electron chi connectivity index (χ3n) is 3.95. The Morgan fingerprint density at radius 3 is 3.00 bits per heavy atom. The highest BCUT2D eigenvalue weighted by Crippen LogP contribution is 2.18. The van der Waals surface area contributed by atoms with Crippen LogP contribution in [0.3, 0.4) is 0 Å². The Hall–Kier alpha value is -1.90. The fraction of sp³-hybridized carbons (Fsp3) is 0.474. The first-order chi connectivity index (χ1) is 10.6. The van der Waals surface area contributed by atoms with Crippen molar-refractivity contribution < 1.29 is 9.21 Å². The summed E-state index contributed by atoms with van der Waals surface area (Å²) in [5.74, 6) is 0.901. The molecule has 0 N–H and O–H groups in total. The topological polar surface area (TPSA) is 43.1 Å². The van der Waals surface area contributed by atoms with Gasteiger partial charge in [-0.05, 0) is 56.7 Å². The van der Waals surface area contributed by atoms with Gasteiger partial charge in [-0.1, -0.05) is 24.6 Å². The third-order valence-corrected chi connectivity index (χ3v) is 3.95. The van der Waals surface area contributed by atoms with Crippen molar-refractivity contribution in [3.05, 3.63) is 41.3 Å². The Kier molecular flexibility index (Phi) is 5.93. The summed E-state index contributed by atoms with van der Waals surface area (Å²) in [6.45, 7) is 6.03. The Labute approximate surface area is 132 Å². The molecule has 1 aromatic heterocycles. The number of benzene rings is 1. The molecule has 0 amide bonds. The Bertz CT molecular complexity index is 654. The second kappa shape index (κ2) is 7.92. The van der Waals surface area contributed by atoms with E-state index < -0.39 is 0 Å². The number of hydrogen-bond donors (Lipinski definition) is 0. The monoisotopic (exact) mass is 299 g/mol. The second-order valence-corrected chi connectivity index (χ2v) is 6.13. The van der Waals surface area contributed by atoms with Crippen LogP contribution in [-0.4, -0.2) is 11.3 Å². The lowest BCUT2D eigenvalue weighted by Gasteiger charge is -2.04. The van der Waals surface area contributed by atoms with E-state index in [0.717, 1.165) is 49.5 Å². The third kappa shape index (κ3) is 4.83. The standard InChI is InChI=1S/C19H25NO2/c1-14(6-4-8-15(2)13-21)7-5-9-17-10-11-19-18(12-17)20-16(3)22-19/h7,10-13,15H,4-6,8-9H2,1-3H3. The maximum Gasteiger partial charge on any atom is 0.192 e. The number of fused-ring (bicyclic) bond motifs is 1. The van der Waals surface area contributed by atoms with Crippen LogP contribution in [0.5, 0.6) is 0 Å². The van der Waals surface area contributed by atoms with Gasteiger partial charge in [-0.2, -0.15) is 0 Å². The number of aryl methyl sites for hydroxylation is 2. The van der Waals surface area contributed by atoms with Gasteiger partial charge in [0, 0.05) is 12.8 Å². The van der Waals surface area contributed by atoms with Gasteiger partial charge in [0.2, 0.25) is 0 Å². The lowest BCUT2D eigenvalue weighted by atomic mass is 10.0. The number of aromatic nitrogens is 1. The molecule has 0 saturated carbocycles. The molecule has 2 aromatic rings. The van der Waals surface area contributed by atoms with Crippen LogP contribution in [-0.2, 0) is 11.2 Å². The zero-order chi connectivity index (χ0) is 15.9. The van der Waals surface area contributed by atoms with Crippen molar-refractivity contribution in [1.29, 1.82) is 0 Å². The summed E-state index contributed by atoms with van der Waals surface area (Å²) < 4.78 is 5.49. The number of carbonyl (C=O) groups is 1. The lowest BCUT2D eigenvalue weighted by molar-refractivity contribution is -0.110. The summed E-state index contributed by atoms with van der Waals surface area (Å²) in [5.41, 5.74) is 4.51. The van der Waals surface area contributed by atoms with Crippen LogP contribution in [0.4, 0.5) is 0 Å². The number of aldehydes is 1. The van der Waals surface area contributed by atoms with Crippen molar-refractivity contribution in [3.63, 3.8) is 0 Å². The Morgan fingerprint density at radius 1 is 1.41 bits per heavy atom. The van der Waals surface area contributed by atoms with Crippen LogP contribution in [0.15, 0.2) is 34.3 Å². The van der Waals surface area contributed by atoms with Gasteiger partial charge in [-0.15, -0.1) is 0 Å². The van der Waals surface area contributed by atoms with E-state index in [0.29, 0.717) is 5.89 Å². The number of rotatable bonds is 8. The highest BCUT2D eigenvalue weighted by atomic mass is 16.3. The van der Waals surface area contributed by atoms with Crippen LogP contribution < -0.4 is 0 Å². The largest absolute Gasteiger partial charge is 0.441 e. The molecular formula is C19H25NO2. The first-order valence-corrected chi connectivity index (χ1v) is 8.05. The van der Waals surface area contributed by atoms with Gasteiger partial charge < -0.3 is 9.21 Å². The Balaban J connectivity index is 1.80. The van der Waals surface area contributed by atoms with E-state index in [-0.39, 0.29) is 5.92 Å². The summed E-state index contributed by atoms with van der Waals surface area (Å²) in [5, 5.41) is 0. The molecule has 3 nitrogen and oxygen atoms in total. The first-order valence-electron chi connectivity index (χ1n) is 8.05. The maximum atomic E-state index is 10.6. The van der Waals surface area contributed by atoms with Crippen molar-refractivity contribution in [2.75, 3.05) is 0 Å². The Morgan fingerprint density at radius 2 is 2.23 bits per heavy atom. The number of nitrogens with zero attached hydrogens (tertiary/aromatic N) is 1. The molecular weight excluding hydrogens is 274 g/mol. The van der Waals surface area contributed by atoms with Gasteiger partial charge in [0.05, 0.1) is 0 Å². The first kappa shape index (κ1) is 16.5. The van der Waals surface area contributed by atoms with Gasteiger partial charge in [0.15, 0.2) is 11.5 Å². The molecule has 118 valence electrons. The normalized spacial score (nSPS) is 13.5. The summed E-state index contributed by atoms with van der Waals surface area (Å²) >= 11 is 0. The van der Waals surface area contributed by atoms with E-state index in [1.165, 1.54) is 11.1 Å². The van der Waals surface area contributed by atoms with Crippen LogP contribution in [0, 0.1) is 12.8 Å². The van der Waals surface area contributed by atoms with Crippen molar-refractivity contribution in [2.24, 2.45) is 5.92 Å². The van der Waals surface area contributed by atoms with Crippen LogP contribution in [0.25, 0.3) is 11.1 Å². The summed E-state index contributed by atoms with van der Waals surface area (Å²) in [7, 11) is 0. The summed E-state index contributed by atoms with van der Waals surface area (Å²) in [6.07, 6.45) is 8.56. The number of oxazole rings is 1. The van der Waals surface area contributed by atoms with Crippen molar-refractivity contribution in [1.82, 2.24) is 4.98 Å². The fourth-order valence-corrected chi connectivity index (χ4v) is 2.60. The molecule has 1 aromatic carbocycles. The highest BCUT2D eigenvalue weighted by Gasteiger charge is 2.03. The van der Waals surface area contributed by atoms with Gasteiger partial charge in [0.1, 0.15) is 11.8 Å². The SMILES string of the molecule is CC(=CCCc1ccc2oc(C)nc2c1)CCCC(C)C=O. The molecule has 0 spiro atoms. The number of hydrogen-bond acceptors (Lipinski definition) is 3. The van der Waals surface area contributed by atoms with Crippen LogP contribution >= 0.6 is 0 Å². The molecule has 0 saturated heterocycles. The number of allylic oxidation sites excluding steroid dienone is 2. The van der Waals surface area contributed by atoms with Gasteiger partial charge in [0.25, 0.3) is 0 Å². The molecule has 0 fully saturated rings. The molecule has 22 heavy (non-hydrogen) atoms. The zero-order valence-corrected chi connectivity index (χ0v) is 13.8. The van der Waals surface area contributed by atoms with Crippen LogP contribution in [0.2, 0.25) is 0 Å². The van der Waals surface area contributed by atoms with E-state index in [9.17, 15) is 4.79 Å². The lowest BCUT2D eigenvalue weighted by Crippen LogP contribution is -1.95. The molecule has 0 aliphatic rings. The minimum Gasteiger partial charge on any atom is -0.441 e.